The molecule has 0 atom stereocenters. The number of aryl methyl sites for hydroxylation is 1. The van der Waals surface area contributed by atoms with Crippen LogP contribution in [-0.4, -0.2) is 0 Å². The minimum Gasteiger partial charge on any atom is -0.398 e. The maximum atomic E-state index is 6.22. The maximum Gasteiger partial charge on any atom is 0.0393 e. The Morgan fingerprint density at radius 3 is 1.56 bits per heavy atom. The van der Waals surface area contributed by atoms with Crippen molar-refractivity contribution in [1.29, 1.82) is 0 Å². The van der Waals surface area contributed by atoms with Crippen molar-refractivity contribution in [3.8, 4) is 22.3 Å². The number of hydrogen-bond donors (Lipinski definition) is 2. The molecule has 0 fully saturated rings. The first kappa shape index (κ1) is 36.9. The average molecular weight is 677 g/mol. The molecule has 2 heteroatoms. The first-order chi connectivity index (χ1) is 25.6. The Hall–Kier alpha value is -6.38. The summed E-state index contributed by atoms with van der Waals surface area (Å²) in [7, 11) is 0. The Bertz CT molecular complexity index is 2040. The van der Waals surface area contributed by atoms with Gasteiger partial charge in [-0.05, 0) is 87.7 Å². The molecule has 0 aliphatic heterocycles. The SMILES string of the molecule is C=C(/C=C(\N)c1ccc(-c2ccccc2)cc1)c1ccccc1.CCCCc1ccc(-c2cccc(Nc3ccccc3)c2)cc1.c1ccccc1. The topological polar surface area (TPSA) is 38.0 Å². The lowest BCUT2D eigenvalue weighted by Crippen LogP contribution is -1.96. The zero-order valence-corrected chi connectivity index (χ0v) is 30.0. The van der Waals surface area contributed by atoms with E-state index in [0.29, 0.717) is 0 Å². The van der Waals surface area contributed by atoms with E-state index in [-0.39, 0.29) is 0 Å². The van der Waals surface area contributed by atoms with Crippen LogP contribution in [0.2, 0.25) is 0 Å². The molecule has 0 bridgehead atoms. The van der Waals surface area contributed by atoms with E-state index in [9.17, 15) is 0 Å². The molecule has 0 radical (unpaired) electrons. The van der Waals surface area contributed by atoms with Crippen LogP contribution in [-0.2, 0) is 6.42 Å². The molecule has 258 valence electrons. The highest BCUT2D eigenvalue weighted by molar-refractivity contribution is 5.82. The van der Waals surface area contributed by atoms with Gasteiger partial charge < -0.3 is 11.1 Å². The van der Waals surface area contributed by atoms with Gasteiger partial charge in [0, 0.05) is 17.1 Å². The highest BCUT2D eigenvalue weighted by Gasteiger charge is 2.03. The van der Waals surface area contributed by atoms with E-state index in [2.05, 4.69) is 104 Å². The lowest BCUT2D eigenvalue weighted by Gasteiger charge is -2.09. The summed E-state index contributed by atoms with van der Waals surface area (Å²) >= 11 is 0. The fourth-order valence-electron chi connectivity index (χ4n) is 5.59. The lowest BCUT2D eigenvalue weighted by molar-refractivity contribution is 0.795. The number of hydrogen-bond acceptors (Lipinski definition) is 2. The molecule has 7 rings (SSSR count). The predicted octanol–water partition coefficient (Wildman–Crippen LogP) is 13.5. The Labute approximate surface area is 310 Å². The van der Waals surface area contributed by atoms with Crippen LogP contribution in [0.1, 0.15) is 36.5 Å². The van der Waals surface area contributed by atoms with E-state index in [4.69, 9.17) is 5.73 Å². The zero-order valence-electron chi connectivity index (χ0n) is 30.0. The summed E-state index contributed by atoms with van der Waals surface area (Å²) in [5.41, 5.74) is 18.5. The summed E-state index contributed by atoms with van der Waals surface area (Å²) in [5.74, 6) is 0. The molecule has 7 aromatic rings. The van der Waals surface area contributed by atoms with Gasteiger partial charge in [-0.2, -0.15) is 0 Å². The lowest BCUT2D eigenvalue weighted by atomic mass is 10.0. The molecule has 0 saturated heterocycles. The summed E-state index contributed by atoms with van der Waals surface area (Å²) in [6.07, 6.45) is 5.60. The van der Waals surface area contributed by atoms with Crippen LogP contribution in [0.3, 0.4) is 0 Å². The number of nitrogens with one attached hydrogen (secondary N) is 1. The molecule has 52 heavy (non-hydrogen) atoms. The minimum absolute atomic E-state index is 0.721. The number of para-hydroxylation sites is 1. The summed E-state index contributed by atoms with van der Waals surface area (Å²) in [6.45, 7) is 6.33. The average Bonchev–Trinajstić information content (AvgIpc) is 3.22. The van der Waals surface area contributed by atoms with Crippen LogP contribution in [0.5, 0.6) is 0 Å². The molecule has 0 spiro atoms. The number of allylic oxidation sites excluding steroid dienone is 2. The molecule has 0 amide bonds. The van der Waals surface area contributed by atoms with E-state index in [1.165, 1.54) is 47.1 Å². The van der Waals surface area contributed by atoms with Crippen LogP contribution in [0.4, 0.5) is 11.4 Å². The molecule has 0 aliphatic rings. The minimum atomic E-state index is 0.721. The monoisotopic (exact) mass is 676 g/mol. The predicted molar refractivity (Wildman–Crippen MR) is 226 cm³/mol. The van der Waals surface area contributed by atoms with Crippen LogP contribution in [0.25, 0.3) is 33.5 Å². The van der Waals surface area contributed by atoms with Gasteiger partial charge in [-0.3, -0.25) is 0 Å². The third-order valence-corrected chi connectivity index (χ3v) is 8.50. The number of benzene rings is 7. The fraction of sp³-hybridized carbons (Fsp3) is 0.0800. The molecule has 3 N–H and O–H groups in total. The Morgan fingerprint density at radius 1 is 0.500 bits per heavy atom. The van der Waals surface area contributed by atoms with Gasteiger partial charge in [0.05, 0.1) is 0 Å². The third-order valence-electron chi connectivity index (χ3n) is 8.50. The van der Waals surface area contributed by atoms with Crippen LogP contribution < -0.4 is 11.1 Å². The molecule has 0 saturated carbocycles. The molecular formula is C50H48N2. The largest absolute Gasteiger partial charge is 0.398 e. The van der Waals surface area contributed by atoms with Gasteiger partial charge in [0.1, 0.15) is 0 Å². The van der Waals surface area contributed by atoms with Crippen molar-refractivity contribution in [2.75, 3.05) is 5.32 Å². The van der Waals surface area contributed by atoms with Crippen LogP contribution in [0, 0.1) is 0 Å². The molecule has 0 aromatic heterocycles. The van der Waals surface area contributed by atoms with Gasteiger partial charge in [0.15, 0.2) is 0 Å². The first-order valence-electron chi connectivity index (χ1n) is 18.0. The van der Waals surface area contributed by atoms with Crippen molar-refractivity contribution in [2.45, 2.75) is 26.2 Å². The Balaban J connectivity index is 0.000000173. The van der Waals surface area contributed by atoms with Crippen LogP contribution >= 0.6 is 0 Å². The Kier molecular flexibility index (Phi) is 14.4. The van der Waals surface area contributed by atoms with Crippen molar-refractivity contribution >= 4 is 22.6 Å². The van der Waals surface area contributed by atoms with E-state index < -0.39 is 0 Å². The zero-order chi connectivity index (χ0) is 36.2. The molecule has 2 nitrogen and oxygen atoms in total. The molecule has 0 unspecified atom stereocenters. The van der Waals surface area contributed by atoms with E-state index in [1.54, 1.807) is 0 Å². The van der Waals surface area contributed by atoms with Gasteiger partial charge in [-0.1, -0.05) is 196 Å². The van der Waals surface area contributed by atoms with E-state index in [1.807, 2.05) is 121 Å². The van der Waals surface area contributed by atoms with Gasteiger partial charge in [-0.15, -0.1) is 0 Å². The van der Waals surface area contributed by atoms with Crippen molar-refractivity contribution in [2.24, 2.45) is 5.73 Å². The Morgan fingerprint density at radius 2 is 0.962 bits per heavy atom. The fourth-order valence-corrected chi connectivity index (χ4v) is 5.59. The first-order valence-corrected chi connectivity index (χ1v) is 18.0. The van der Waals surface area contributed by atoms with E-state index >= 15 is 0 Å². The summed E-state index contributed by atoms with van der Waals surface area (Å²) in [5, 5.41) is 3.45. The second-order valence-corrected chi connectivity index (χ2v) is 12.5. The summed E-state index contributed by atoms with van der Waals surface area (Å²) in [6, 6.07) is 68.5. The van der Waals surface area contributed by atoms with Gasteiger partial charge in [-0.25, -0.2) is 0 Å². The van der Waals surface area contributed by atoms with Crippen molar-refractivity contribution in [3.05, 3.63) is 230 Å². The highest BCUT2D eigenvalue weighted by Crippen LogP contribution is 2.26. The molecule has 0 aliphatic carbocycles. The van der Waals surface area contributed by atoms with Crippen LogP contribution in [0.15, 0.2) is 213 Å². The maximum absolute atomic E-state index is 6.22. The standard InChI is InChI=1S/C22H19N.C22H23N.C6H6/c1-17(18-8-4-2-5-9-18)16-22(23)21-14-12-20(13-15-21)19-10-6-3-7-11-19;1-2-3-8-18-13-15-19(16-14-18)20-9-7-12-22(17-20)23-21-10-5-4-6-11-21;1-2-4-6-5-3-1/h2-16H,1,23H2;4-7,9-17,23H,2-3,8H2,1H3;1-6H/b22-16-;;. The smallest absolute Gasteiger partial charge is 0.0393 e. The van der Waals surface area contributed by atoms with Crippen molar-refractivity contribution in [3.63, 3.8) is 0 Å². The molecule has 0 heterocycles. The second-order valence-electron chi connectivity index (χ2n) is 12.5. The highest BCUT2D eigenvalue weighted by atomic mass is 14.9. The number of rotatable bonds is 10. The second kappa shape index (κ2) is 20.3. The third kappa shape index (κ3) is 11.9. The number of anilines is 2. The molecular weight excluding hydrogens is 629 g/mol. The number of nitrogens with two attached hydrogens (primary N) is 1. The van der Waals surface area contributed by atoms with Gasteiger partial charge in [0.25, 0.3) is 0 Å². The van der Waals surface area contributed by atoms with Gasteiger partial charge >= 0.3 is 0 Å². The quantitative estimate of drug-likeness (QED) is 0.142. The van der Waals surface area contributed by atoms with Crippen molar-refractivity contribution in [1.82, 2.24) is 0 Å². The summed E-state index contributed by atoms with van der Waals surface area (Å²) in [4.78, 5) is 0. The molecule has 7 aromatic carbocycles. The van der Waals surface area contributed by atoms with Crippen molar-refractivity contribution < 1.29 is 0 Å². The normalized spacial score (nSPS) is 10.5. The van der Waals surface area contributed by atoms with Gasteiger partial charge in [0.2, 0.25) is 0 Å². The summed E-state index contributed by atoms with van der Waals surface area (Å²) < 4.78 is 0. The van der Waals surface area contributed by atoms with E-state index in [0.717, 1.165) is 33.8 Å². The number of unbranched alkanes of at least 4 members (excludes halogenated alkanes) is 1.